The van der Waals surface area contributed by atoms with E-state index in [0.717, 1.165) is 24.5 Å². The van der Waals surface area contributed by atoms with Crippen LogP contribution >= 0.6 is 34.5 Å². The van der Waals surface area contributed by atoms with E-state index in [1.165, 1.54) is 0 Å². The van der Waals surface area contributed by atoms with Gasteiger partial charge in [-0.25, -0.2) is 0 Å². The largest absolute Gasteiger partial charge is 0.488 e. The van der Waals surface area contributed by atoms with Crippen LogP contribution in [0, 0.1) is 0 Å². The van der Waals surface area contributed by atoms with Gasteiger partial charge in [-0.05, 0) is 36.7 Å². The number of benzene rings is 1. The van der Waals surface area contributed by atoms with E-state index in [2.05, 4.69) is 30.5 Å². The summed E-state index contributed by atoms with van der Waals surface area (Å²) in [7, 11) is 0. The number of ether oxygens (including phenoxy) is 1. The van der Waals surface area contributed by atoms with Crippen LogP contribution in [-0.4, -0.2) is 43.5 Å². The molecule has 1 aromatic carbocycles. The highest BCUT2D eigenvalue weighted by Gasteiger charge is 2.18. The van der Waals surface area contributed by atoms with Crippen LogP contribution in [0.2, 0.25) is 10.0 Å². The average molecular weight is 427 g/mol. The van der Waals surface area contributed by atoms with Crippen LogP contribution in [-0.2, 0) is 4.84 Å². The van der Waals surface area contributed by atoms with Gasteiger partial charge < -0.3 is 14.5 Å². The molecule has 0 aliphatic heterocycles. The predicted octanol–water partition coefficient (Wildman–Crippen LogP) is 5.73. The Hall–Kier alpha value is -1.53. The highest BCUT2D eigenvalue weighted by Crippen LogP contribution is 2.36. The molecule has 0 spiro atoms. The molecule has 0 aliphatic rings. The van der Waals surface area contributed by atoms with Crippen LogP contribution in [0.5, 0.6) is 5.75 Å². The van der Waals surface area contributed by atoms with E-state index in [0.29, 0.717) is 40.3 Å². The minimum atomic E-state index is 0.350. The summed E-state index contributed by atoms with van der Waals surface area (Å²) in [6, 6.07) is 7.57. The van der Waals surface area contributed by atoms with E-state index in [9.17, 15) is 0 Å². The van der Waals surface area contributed by atoms with Crippen molar-refractivity contribution in [3.05, 3.63) is 62.8 Å². The molecule has 0 unspecified atom stereocenters. The van der Waals surface area contributed by atoms with Gasteiger partial charge in [-0.15, -0.1) is 11.3 Å². The van der Waals surface area contributed by atoms with Gasteiger partial charge in [0.05, 0.1) is 9.90 Å². The summed E-state index contributed by atoms with van der Waals surface area (Å²) in [6.45, 7) is 11.5. The SMILES string of the molecule is C=CCOc1ccc(C(=NOCCN(CC)CC)c2cccs2)c(Cl)c1Cl. The van der Waals surface area contributed by atoms with Crippen molar-refractivity contribution in [3.8, 4) is 5.75 Å². The quantitative estimate of drug-likeness (QED) is 0.199. The van der Waals surface area contributed by atoms with Crippen molar-refractivity contribution in [1.29, 1.82) is 0 Å². The van der Waals surface area contributed by atoms with Crippen LogP contribution in [0.25, 0.3) is 0 Å². The Morgan fingerprint density at radius 3 is 2.63 bits per heavy atom. The summed E-state index contributed by atoms with van der Waals surface area (Å²) in [6.07, 6.45) is 1.65. The van der Waals surface area contributed by atoms with E-state index in [4.69, 9.17) is 32.8 Å². The molecule has 4 nitrogen and oxygen atoms in total. The van der Waals surface area contributed by atoms with Gasteiger partial charge in [-0.2, -0.15) is 0 Å². The van der Waals surface area contributed by atoms with Gasteiger partial charge in [0.2, 0.25) is 0 Å². The molecule has 0 aliphatic carbocycles. The standard InChI is InChI=1S/C20H24Cl2N2O2S/c1-4-12-25-16-10-9-15(18(21)19(16)22)20(17-8-7-14-27-17)23-26-13-11-24(5-2)6-3/h4,7-10,14H,1,5-6,11-13H2,2-3H3. The second-order valence-electron chi connectivity index (χ2n) is 5.62. The smallest absolute Gasteiger partial charge is 0.139 e. The lowest BCUT2D eigenvalue weighted by molar-refractivity contribution is 0.114. The summed E-state index contributed by atoms with van der Waals surface area (Å²) in [5.74, 6) is 0.512. The van der Waals surface area contributed by atoms with E-state index < -0.39 is 0 Å². The Bertz CT molecular complexity index is 760. The third-order valence-electron chi connectivity index (χ3n) is 3.96. The molecule has 2 rings (SSSR count). The number of nitrogens with zero attached hydrogens (tertiary/aromatic N) is 2. The first-order valence-corrected chi connectivity index (χ1v) is 10.4. The summed E-state index contributed by atoms with van der Waals surface area (Å²) in [4.78, 5) is 8.83. The number of hydrogen-bond acceptors (Lipinski definition) is 5. The Labute approximate surface area is 175 Å². The number of thiophene rings is 1. The fourth-order valence-corrected chi connectivity index (χ4v) is 3.62. The topological polar surface area (TPSA) is 34.1 Å². The Morgan fingerprint density at radius 2 is 2.00 bits per heavy atom. The molecule has 2 aromatic rings. The zero-order chi connectivity index (χ0) is 19.6. The van der Waals surface area contributed by atoms with Crippen LogP contribution in [0.15, 0.2) is 47.5 Å². The maximum absolute atomic E-state index is 6.52. The van der Waals surface area contributed by atoms with Crippen molar-refractivity contribution in [2.75, 3.05) is 32.8 Å². The summed E-state index contributed by atoms with van der Waals surface area (Å²) >= 11 is 14.5. The highest BCUT2D eigenvalue weighted by atomic mass is 35.5. The molecule has 1 heterocycles. The maximum Gasteiger partial charge on any atom is 0.139 e. The van der Waals surface area contributed by atoms with Gasteiger partial charge in [0.15, 0.2) is 0 Å². The van der Waals surface area contributed by atoms with Crippen LogP contribution in [0.4, 0.5) is 0 Å². The van der Waals surface area contributed by atoms with Gasteiger partial charge in [-0.1, -0.05) is 60.9 Å². The zero-order valence-corrected chi connectivity index (χ0v) is 17.9. The van der Waals surface area contributed by atoms with Crippen molar-refractivity contribution in [1.82, 2.24) is 4.90 Å². The fourth-order valence-electron chi connectivity index (χ4n) is 2.43. The first kappa shape index (κ1) is 21.8. The van der Waals surface area contributed by atoms with Crippen LogP contribution in [0.1, 0.15) is 24.3 Å². The van der Waals surface area contributed by atoms with E-state index in [1.54, 1.807) is 23.5 Å². The number of hydrogen-bond donors (Lipinski definition) is 0. The molecule has 146 valence electrons. The molecule has 0 amide bonds. The van der Waals surface area contributed by atoms with Gasteiger partial charge in [-0.3, -0.25) is 0 Å². The number of oxime groups is 1. The van der Waals surface area contributed by atoms with E-state index in [1.807, 2.05) is 23.6 Å². The van der Waals surface area contributed by atoms with Crippen molar-refractivity contribution < 1.29 is 9.57 Å². The molecule has 0 N–H and O–H groups in total. The van der Waals surface area contributed by atoms with Crippen molar-refractivity contribution in [3.63, 3.8) is 0 Å². The zero-order valence-electron chi connectivity index (χ0n) is 15.6. The maximum atomic E-state index is 6.52. The molecule has 0 saturated heterocycles. The predicted molar refractivity (Wildman–Crippen MR) is 116 cm³/mol. The van der Waals surface area contributed by atoms with Gasteiger partial charge >= 0.3 is 0 Å². The van der Waals surface area contributed by atoms with Crippen LogP contribution < -0.4 is 4.74 Å². The number of likely N-dealkylation sites (N-methyl/N-ethyl adjacent to an activating group) is 1. The minimum Gasteiger partial charge on any atom is -0.488 e. The van der Waals surface area contributed by atoms with E-state index in [-0.39, 0.29) is 0 Å². The minimum absolute atomic E-state index is 0.350. The number of rotatable bonds is 11. The fraction of sp³-hybridized carbons (Fsp3) is 0.350. The first-order valence-electron chi connectivity index (χ1n) is 8.80. The lowest BCUT2D eigenvalue weighted by Crippen LogP contribution is -2.26. The lowest BCUT2D eigenvalue weighted by atomic mass is 10.1. The molecule has 0 atom stereocenters. The molecular weight excluding hydrogens is 403 g/mol. The number of halogens is 2. The molecule has 1 aromatic heterocycles. The molecule has 7 heteroatoms. The summed E-state index contributed by atoms with van der Waals surface area (Å²) in [5, 5.41) is 7.09. The Morgan fingerprint density at radius 1 is 1.22 bits per heavy atom. The van der Waals surface area contributed by atoms with E-state index >= 15 is 0 Å². The molecule has 27 heavy (non-hydrogen) atoms. The average Bonchev–Trinajstić information content (AvgIpc) is 3.21. The van der Waals surface area contributed by atoms with Gasteiger partial charge in [0.25, 0.3) is 0 Å². The molecular formula is C20H24Cl2N2O2S. The third kappa shape index (κ3) is 5.98. The monoisotopic (exact) mass is 426 g/mol. The van der Waals surface area contributed by atoms with Gasteiger partial charge in [0.1, 0.15) is 29.7 Å². The Kier molecular flexibility index (Phi) is 9.15. The van der Waals surface area contributed by atoms with Crippen LogP contribution in [0.3, 0.4) is 0 Å². The third-order valence-corrected chi connectivity index (χ3v) is 5.70. The van der Waals surface area contributed by atoms with Crippen molar-refractivity contribution in [2.24, 2.45) is 5.16 Å². The molecule has 0 radical (unpaired) electrons. The van der Waals surface area contributed by atoms with Crippen molar-refractivity contribution >= 4 is 40.3 Å². The summed E-state index contributed by atoms with van der Waals surface area (Å²) < 4.78 is 5.53. The lowest BCUT2D eigenvalue weighted by Gasteiger charge is -2.17. The first-order chi connectivity index (χ1) is 13.1. The normalized spacial score (nSPS) is 11.7. The van der Waals surface area contributed by atoms with Crippen molar-refractivity contribution in [2.45, 2.75) is 13.8 Å². The second-order valence-corrected chi connectivity index (χ2v) is 7.32. The second kappa shape index (κ2) is 11.3. The molecule has 0 saturated carbocycles. The highest BCUT2D eigenvalue weighted by molar-refractivity contribution is 7.12. The molecule has 0 bridgehead atoms. The Balaban J connectivity index is 2.26. The van der Waals surface area contributed by atoms with Gasteiger partial charge in [0, 0.05) is 12.1 Å². The molecule has 0 fully saturated rings. The summed E-state index contributed by atoms with van der Waals surface area (Å²) in [5.41, 5.74) is 1.37.